The van der Waals surface area contributed by atoms with Crippen LogP contribution in [-0.4, -0.2) is 63.4 Å². The molecule has 1 unspecified atom stereocenters. The number of hydrogen-bond donors (Lipinski definition) is 0. The Labute approximate surface area is 132 Å². The monoisotopic (exact) mass is 325 g/mol. The van der Waals surface area contributed by atoms with Gasteiger partial charge in [-0.05, 0) is 25.0 Å². The first-order valence-electron chi connectivity index (χ1n) is 7.66. The molecular formula is C15H23N3O3S. The Kier molecular flexibility index (Phi) is 4.38. The number of hydrogen-bond acceptors (Lipinski definition) is 5. The minimum Gasteiger partial charge on any atom is -0.379 e. The van der Waals surface area contributed by atoms with Crippen molar-refractivity contribution in [3.8, 4) is 0 Å². The van der Waals surface area contributed by atoms with E-state index in [4.69, 9.17) is 4.74 Å². The van der Waals surface area contributed by atoms with E-state index in [0.29, 0.717) is 26.3 Å². The van der Waals surface area contributed by atoms with Crippen molar-refractivity contribution in [2.75, 3.05) is 50.5 Å². The highest BCUT2D eigenvalue weighted by atomic mass is 32.2. The largest absolute Gasteiger partial charge is 0.379 e. The van der Waals surface area contributed by atoms with Crippen LogP contribution >= 0.6 is 0 Å². The van der Waals surface area contributed by atoms with Gasteiger partial charge in [-0.1, -0.05) is 0 Å². The van der Waals surface area contributed by atoms with E-state index in [-0.39, 0.29) is 5.41 Å². The van der Waals surface area contributed by atoms with E-state index in [9.17, 15) is 8.42 Å². The number of pyridine rings is 1. The molecule has 0 aliphatic carbocycles. The number of anilines is 1. The zero-order chi connectivity index (χ0) is 15.6. The molecule has 2 fully saturated rings. The highest BCUT2D eigenvalue weighted by Crippen LogP contribution is 2.35. The van der Waals surface area contributed by atoms with Crippen molar-refractivity contribution in [1.82, 2.24) is 9.29 Å². The lowest BCUT2D eigenvalue weighted by Gasteiger charge is -2.42. The second-order valence-corrected chi connectivity index (χ2v) is 8.37. The van der Waals surface area contributed by atoms with E-state index in [1.54, 1.807) is 10.5 Å². The molecule has 0 radical (unpaired) electrons. The van der Waals surface area contributed by atoms with E-state index in [1.807, 2.05) is 18.3 Å². The average Bonchev–Trinajstić information content (AvgIpc) is 2.70. The number of piperidine rings is 1. The third-order valence-corrected chi connectivity index (χ3v) is 5.80. The number of aromatic nitrogens is 1. The maximum Gasteiger partial charge on any atom is 0.211 e. The molecule has 0 amide bonds. The molecule has 1 aromatic rings. The topological polar surface area (TPSA) is 62.7 Å². The summed E-state index contributed by atoms with van der Waals surface area (Å²) in [5.74, 6) is 0. The summed E-state index contributed by atoms with van der Waals surface area (Å²) >= 11 is 0. The van der Waals surface area contributed by atoms with Crippen LogP contribution in [0, 0.1) is 5.41 Å². The minimum absolute atomic E-state index is 0.131. The summed E-state index contributed by atoms with van der Waals surface area (Å²) in [6, 6.07) is 3.97. The standard InChI is InChI=1S/C15H23N3O3S/c1-22(19,20)18-7-3-5-15(12-18)11-17(8-9-21-13-15)14-4-2-6-16-10-14/h2,4,6,10H,3,5,7-9,11-13H2,1H3. The normalized spacial score (nSPS) is 27.8. The van der Waals surface area contributed by atoms with E-state index < -0.39 is 10.0 Å². The van der Waals surface area contributed by atoms with Gasteiger partial charge in [0.2, 0.25) is 10.0 Å². The van der Waals surface area contributed by atoms with E-state index in [2.05, 4.69) is 9.88 Å². The minimum atomic E-state index is -3.15. The molecule has 3 heterocycles. The second-order valence-electron chi connectivity index (χ2n) is 6.39. The highest BCUT2D eigenvalue weighted by Gasteiger charge is 2.41. The Morgan fingerprint density at radius 3 is 2.91 bits per heavy atom. The van der Waals surface area contributed by atoms with Gasteiger partial charge in [-0.15, -0.1) is 0 Å². The van der Waals surface area contributed by atoms with Crippen LogP contribution in [0.15, 0.2) is 24.5 Å². The fraction of sp³-hybridized carbons (Fsp3) is 0.667. The van der Waals surface area contributed by atoms with Gasteiger partial charge in [0.15, 0.2) is 0 Å². The summed E-state index contributed by atoms with van der Waals surface area (Å²) in [5.41, 5.74) is 0.942. The average molecular weight is 325 g/mol. The number of sulfonamides is 1. The third kappa shape index (κ3) is 3.42. The van der Waals surface area contributed by atoms with Crippen molar-refractivity contribution in [2.24, 2.45) is 5.41 Å². The van der Waals surface area contributed by atoms with Crippen LogP contribution in [0.5, 0.6) is 0 Å². The molecule has 0 saturated carbocycles. The zero-order valence-corrected chi connectivity index (χ0v) is 13.8. The molecule has 3 rings (SSSR count). The quantitative estimate of drug-likeness (QED) is 0.810. The molecule has 22 heavy (non-hydrogen) atoms. The molecule has 122 valence electrons. The summed E-state index contributed by atoms with van der Waals surface area (Å²) in [5, 5.41) is 0. The van der Waals surface area contributed by atoms with Crippen molar-refractivity contribution < 1.29 is 13.2 Å². The van der Waals surface area contributed by atoms with Crippen molar-refractivity contribution in [2.45, 2.75) is 12.8 Å². The maximum atomic E-state index is 11.9. The first-order valence-corrected chi connectivity index (χ1v) is 9.51. The number of rotatable bonds is 2. The summed E-state index contributed by atoms with van der Waals surface area (Å²) in [6.07, 6.45) is 6.80. The molecule has 0 aromatic carbocycles. The Bertz CT molecular complexity index is 608. The van der Waals surface area contributed by atoms with Gasteiger partial charge in [-0.25, -0.2) is 12.7 Å². The highest BCUT2D eigenvalue weighted by molar-refractivity contribution is 7.88. The van der Waals surface area contributed by atoms with Crippen LogP contribution in [0.3, 0.4) is 0 Å². The fourth-order valence-electron chi connectivity index (χ4n) is 3.45. The van der Waals surface area contributed by atoms with E-state index >= 15 is 0 Å². The molecular weight excluding hydrogens is 302 g/mol. The molecule has 0 bridgehead atoms. The van der Waals surface area contributed by atoms with Gasteiger partial charge >= 0.3 is 0 Å². The fourth-order valence-corrected chi connectivity index (χ4v) is 4.42. The van der Waals surface area contributed by atoms with Crippen molar-refractivity contribution >= 4 is 15.7 Å². The molecule has 7 heteroatoms. The summed E-state index contributed by atoms with van der Waals surface area (Å²) in [4.78, 5) is 6.46. The van der Waals surface area contributed by atoms with E-state index in [1.165, 1.54) is 6.26 Å². The molecule has 2 saturated heterocycles. The van der Waals surface area contributed by atoms with Crippen LogP contribution in [0.1, 0.15) is 12.8 Å². The second kappa shape index (κ2) is 6.14. The molecule has 6 nitrogen and oxygen atoms in total. The van der Waals surface area contributed by atoms with Gasteiger partial charge < -0.3 is 9.64 Å². The van der Waals surface area contributed by atoms with Gasteiger partial charge in [0.25, 0.3) is 0 Å². The van der Waals surface area contributed by atoms with Crippen molar-refractivity contribution in [3.63, 3.8) is 0 Å². The molecule has 1 aromatic heterocycles. The lowest BCUT2D eigenvalue weighted by molar-refractivity contribution is 0.0352. The predicted molar refractivity (Wildman–Crippen MR) is 85.4 cm³/mol. The first-order chi connectivity index (χ1) is 10.5. The maximum absolute atomic E-state index is 11.9. The molecule has 1 atom stereocenters. The Morgan fingerprint density at radius 2 is 2.18 bits per heavy atom. The van der Waals surface area contributed by atoms with Crippen LogP contribution in [0.25, 0.3) is 0 Å². The summed E-state index contributed by atoms with van der Waals surface area (Å²) < 4.78 is 31.2. The first kappa shape index (κ1) is 15.7. The Balaban J connectivity index is 1.82. The van der Waals surface area contributed by atoms with Gasteiger partial charge in [0.05, 0.1) is 31.4 Å². The predicted octanol–water partition coefficient (Wildman–Crippen LogP) is 0.960. The van der Waals surface area contributed by atoms with E-state index in [0.717, 1.165) is 31.6 Å². The van der Waals surface area contributed by atoms with Crippen LogP contribution in [-0.2, 0) is 14.8 Å². The van der Waals surface area contributed by atoms with Gasteiger partial charge in [-0.2, -0.15) is 0 Å². The molecule has 1 spiro atoms. The van der Waals surface area contributed by atoms with Gasteiger partial charge in [-0.3, -0.25) is 4.98 Å². The molecule has 2 aliphatic heterocycles. The van der Waals surface area contributed by atoms with Gasteiger partial charge in [0.1, 0.15) is 0 Å². The molecule has 0 N–H and O–H groups in total. The SMILES string of the molecule is CS(=O)(=O)N1CCCC2(COCCN(c3cccnc3)C2)C1. The lowest BCUT2D eigenvalue weighted by Crippen LogP contribution is -2.52. The third-order valence-electron chi connectivity index (χ3n) is 4.55. The molecule has 2 aliphatic rings. The van der Waals surface area contributed by atoms with Crippen molar-refractivity contribution in [1.29, 1.82) is 0 Å². The Morgan fingerprint density at radius 1 is 1.32 bits per heavy atom. The van der Waals surface area contributed by atoms with Crippen LogP contribution in [0.4, 0.5) is 5.69 Å². The zero-order valence-electron chi connectivity index (χ0n) is 12.9. The summed E-state index contributed by atoms with van der Waals surface area (Å²) in [7, 11) is -3.15. The Hall–Kier alpha value is -1.18. The van der Waals surface area contributed by atoms with Crippen LogP contribution in [0.2, 0.25) is 0 Å². The smallest absolute Gasteiger partial charge is 0.211 e. The number of ether oxygens (including phenoxy) is 1. The van der Waals surface area contributed by atoms with Crippen LogP contribution < -0.4 is 4.90 Å². The summed E-state index contributed by atoms with van der Waals surface area (Å²) in [6.45, 7) is 4.07. The lowest BCUT2D eigenvalue weighted by atomic mass is 9.81. The van der Waals surface area contributed by atoms with Gasteiger partial charge in [0, 0.05) is 37.8 Å². The van der Waals surface area contributed by atoms with Crippen molar-refractivity contribution in [3.05, 3.63) is 24.5 Å². The number of nitrogens with zero attached hydrogens (tertiary/aromatic N) is 3.